The fraction of sp³-hybridized carbons (Fsp3) is 0.742. The molecule has 0 aromatic rings. The monoisotopic (exact) mass is 682 g/mol. The number of hydroxylamine groups is 1. The Morgan fingerprint density at radius 2 is 1.79 bits per heavy atom. The number of esters is 2. The highest BCUT2D eigenvalue weighted by molar-refractivity contribution is 6.26. The Morgan fingerprint density at radius 1 is 1.19 bits per heavy atom. The minimum absolute atomic E-state index is 0.0264. The highest BCUT2D eigenvalue weighted by Gasteiger charge is 2.49. The molecule has 0 aromatic heterocycles. The van der Waals surface area contributed by atoms with Gasteiger partial charge in [0, 0.05) is 20.4 Å². The number of hydrogen-bond acceptors (Lipinski definition) is 13. The summed E-state index contributed by atoms with van der Waals surface area (Å²) in [5, 5.41) is 36.9. The van der Waals surface area contributed by atoms with E-state index >= 15 is 0 Å². The lowest BCUT2D eigenvalue weighted by Gasteiger charge is -2.38. The molecule has 2 aliphatic heterocycles. The van der Waals surface area contributed by atoms with E-state index in [4.69, 9.17) is 19.4 Å². The predicted octanol–water partition coefficient (Wildman–Crippen LogP) is 1.51. The minimum atomic E-state index is -1.72. The number of nitrogens with zero attached hydrogens (tertiary/aromatic N) is 5. The molecule has 0 spiro atoms. The van der Waals surface area contributed by atoms with Gasteiger partial charge in [-0.1, -0.05) is 18.7 Å². The maximum atomic E-state index is 13.9. The molecule has 2 rings (SSSR count). The molecule has 0 aromatic carbocycles. The Balaban J connectivity index is 2.51. The summed E-state index contributed by atoms with van der Waals surface area (Å²) < 4.78 is 17.2. The highest BCUT2D eigenvalue weighted by atomic mass is 16.6. The standard InChI is InChI=1S/C31H50N6O11/c1-15(2)25(24(40)21-23(39)16(3)36(11)29(21)42)48-30(43)31(7,8)26(47-19(6)38)20(13-12-14-37(45)34-44)32-27(41)22-18(5)46-28(33-22)17(4)35(9)10/h15-18,20,22,25-26,40,44H,12-14H2,1-11H3,(H,32,41)/t16-,17-,18+,20-,22-,25-,26-/m0/s1. The van der Waals surface area contributed by atoms with Gasteiger partial charge in [-0.15, -0.1) is 0 Å². The number of aliphatic hydroxyl groups excluding tert-OH is 1. The largest absolute Gasteiger partial charge is 0.597 e. The molecule has 0 radical (unpaired) electrons. The Bertz CT molecular complexity index is 1320. The Morgan fingerprint density at radius 3 is 2.27 bits per heavy atom. The van der Waals surface area contributed by atoms with Crippen LogP contribution in [0.25, 0.3) is 0 Å². The molecule has 17 nitrogen and oxygen atoms in total. The molecule has 0 bridgehead atoms. The summed E-state index contributed by atoms with van der Waals surface area (Å²) in [6, 6.07) is -3.15. The van der Waals surface area contributed by atoms with Crippen molar-refractivity contribution in [2.45, 2.75) is 111 Å². The second-order valence-electron chi connectivity index (χ2n) is 13.3. The fourth-order valence-corrected chi connectivity index (χ4v) is 5.31. The molecule has 1 fully saturated rings. The Kier molecular flexibility index (Phi) is 13.5. The summed E-state index contributed by atoms with van der Waals surface area (Å²) in [6.45, 7) is 11.9. The number of likely N-dealkylation sites (tertiary alicyclic amines) is 1. The molecule has 48 heavy (non-hydrogen) atoms. The first-order valence-electron chi connectivity index (χ1n) is 15.8. The van der Waals surface area contributed by atoms with E-state index in [1.54, 1.807) is 20.8 Å². The van der Waals surface area contributed by atoms with E-state index in [9.17, 15) is 34.3 Å². The van der Waals surface area contributed by atoms with Gasteiger partial charge in [0.05, 0.1) is 18.1 Å². The summed E-state index contributed by atoms with van der Waals surface area (Å²) in [5.41, 5.74) is -2.21. The zero-order valence-corrected chi connectivity index (χ0v) is 29.5. The number of likely N-dealkylation sites (N-methyl/N-ethyl adjacent to an activating group) is 2. The van der Waals surface area contributed by atoms with Crippen LogP contribution in [-0.2, 0) is 38.2 Å². The van der Waals surface area contributed by atoms with E-state index in [-0.39, 0.29) is 30.3 Å². The number of hydrogen-bond donors (Lipinski definition) is 3. The van der Waals surface area contributed by atoms with Gasteiger partial charge in [0.15, 0.2) is 29.8 Å². The third-order valence-corrected chi connectivity index (χ3v) is 8.71. The molecule has 270 valence electrons. The van der Waals surface area contributed by atoms with E-state index in [1.165, 1.54) is 32.7 Å². The van der Waals surface area contributed by atoms with Gasteiger partial charge in [0.25, 0.3) is 5.91 Å². The molecule has 2 amide bonds. The van der Waals surface area contributed by atoms with Gasteiger partial charge >= 0.3 is 11.9 Å². The first kappa shape index (κ1) is 39.9. The van der Waals surface area contributed by atoms with Crippen molar-refractivity contribution in [1.29, 1.82) is 0 Å². The van der Waals surface area contributed by atoms with E-state index in [0.29, 0.717) is 5.90 Å². The third kappa shape index (κ3) is 8.99. The molecule has 2 aliphatic rings. The van der Waals surface area contributed by atoms with E-state index in [0.717, 1.165) is 6.92 Å². The zero-order chi connectivity index (χ0) is 36.8. The number of amides is 2. The van der Waals surface area contributed by atoms with Crippen LogP contribution in [0.4, 0.5) is 0 Å². The quantitative estimate of drug-likeness (QED) is 0.0425. The third-order valence-electron chi connectivity index (χ3n) is 8.71. The minimum Gasteiger partial charge on any atom is -0.597 e. The molecular formula is C31H50N6O11. The van der Waals surface area contributed by atoms with Crippen LogP contribution in [0.15, 0.2) is 21.6 Å². The van der Waals surface area contributed by atoms with Crippen LogP contribution >= 0.6 is 0 Å². The molecule has 0 unspecified atom stereocenters. The summed E-state index contributed by atoms with van der Waals surface area (Å²) in [6.07, 6.45) is -3.47. The number of aliphatic imine (C=N–C) groups is 1. The Labute approximate surface area is 280 Å². The lowest BCUT2D eigenvalue weighted by molar-refractivity contribution is -0.556. The number of nitrogens with one attached hydrogen (secondary N) is 1. The lowest BCUT2D eigenvalue weighted by Crippen LogP contribution is -2.57. The van der Waals surface area contributed by atoms with Gasteiger partial charge in [-0.3, -0.25) is 28.9 Å². The number of rotatable bonds is 15. The second-order valence-corrected chi connectivity index (χ2v) is 13.3. The molecule has 17 heteroatoms. The summed E-state index contributed by atoms with van der Waals surface area (Å²) in [5.74, 6) is -4.67. The summed E-state index contributed by atoms with van der Waals surface area (Å²) in [4.78, 5) is 73.1. The number of carbonyl (C=O) groups is 5. The second kappa shape index (κ2) is 16.2. The van der Waals surface area contributed by atoms with Crippen LogP contribution in [-0.4, -0.2) is 131 Å². The molecule has 3 N–H and O–H groups in total. The van der Waals surface area contributed by atoms with Gasteiger partial charge in [0.1, 0.15) is 29.0 Å². The molecule has 0 saturated carbocycles. The van der Waals surface area contributed by atoms with Crippen LogP contribution in [0.3, 0.4) is 0 Å². The van der Waals surface area contributed by atoms with Gasteiger partial charge in [-0.2, -0.15) is 0 Å². The van der Waals surface area contributed by atoms with Crippen LogP contribution < -0.4 is 5.32 Å². The van der Waals surface area contributed by atoms with Crippen molar-refractivity contribution in [3.8, 4) is 0 Å². The van der Waals surface area contributed by atoms with Crippen molar-refractivity contribution in [1.82, 2.24) is 15.1 Å². The number of ketones is 1. The summed E-state index contributed by atoms with van der Waals surface area (Å²) in [7, 11) is 5.07. The van der Waals surface area contributed by atoms with Crippen molar-refractivity contribution in [3.05, 3.63) is 16.5 Å². The van der Waals surface area contributed by atoms with Crippen molar-refractivity contribution in [2.24, 2.45) is 21.6 Å². The fourth-order valence-electron chi connectivity index (χ4n) is 5.31. The summed E-state index contributed by atoms with van der Waals surface area (Å²) >= 11 is 0. The van der Waals surface area contributed by atoms with Crippen molar-refractivity contribution >= 4 is 35.4 Å². The number of carbonyl (C=O) groups excluding carboxylic acids is 5. The van der Waals surface area contributed by atoms with E-state index < -0.39 is 88.6 Å². The first-order valence-corrected chi connectivity index (χ1v) is 15.8. The molecular weight excluding hydrogens is 632 g/mol. The Hall–Kier alpha value is -4.28. The number of ether oxygens (including phenoxy) is 3. The molecule has 7 atom stereocenters. The van der Waals surface area contributed by atoms with Crippen LogP contribution in [0.2, 0.25) is 0 Å². The maximum absolute atomic E-state index is 13.9. The van der Waals surface area contributed by atoms with Crippen molar-refractivity contribution in [3.63, 3.8) is 0 Å². The van der Waals surface area contributed by atoms with Gasteiger partial charge < -0.3 is 39.9 Å². The van der Waals surface area contributed by atoms with Crippen molar-refractivity contribution in [2.75, 3.05) is 27.7 Å². The highest BCUT2D eigenvalue weighted by Crippen LogP contribution is 2.33. The normalized spacial score (nSPS) is 23.8. The first-order chi connectivity index (χ1) is 22.2. The lowest BCUT2D eigenvalue weighted by atomic mass is 9.80. The molecule has 0 aliphatic carbocycles. The van der Waals surface area contributed by atoms with Crippen LogP contribution in [0.5, 0.6) is 0 Å². The van der Waals surface area contributed by atoms with Gasteiger partial charge in [-0.05, 0) is 61.1 Å². The molecule has 2 heterocycles. The topological polar surface area (TPSA) is 223 Å². The average Bonchev–Trinajstić information content (AvgIpc) is 3.48. The maximum Gasteiger partial charge on any atom is 0.316 e. The van der Waals surface area contributed by atoms with E-state index in [1.807, 2.05) is 25.9 Å². The smallest absolute Gasteiger partial charge is 0.316 e. The van der Waals surface area contributed by atoms with E-state index in [2.05, 4.69) is 15.6 Å². The van der Waals surface area contributed by atoms with Crippen LogP contribution in [0.1, 0.15) is 68.2 Å². The number of aliphatic hydroxyl groups is 1. The van der Waals surface area contributed by atoms with Gasteiger partial charge in [0.2, 0.25) is 11.8 Å². The van der Waals surface area contributed by atoms with Crippen molar-refractivity contribution < 1.29 is 53.4 Å². The predicted molar refractivity (Wildman–Crippen MR) is 170 cm³/mol. The SMILES string of the molecule is CC(=O)O[C@@H]([C@H](CCC[N+]([O-])=NO)NC(=O)[C@H]1N=C([C@H](C)N(C)C)O[C@@H]1C)C(C)(C)C(=O)O[C@H](C(O)=C1C(=O)[C@H](C)N(C)C1=O)C(C)C. The van der Waals surface area contributed by atoms with Gasteiger partial charge in [-0.25, -0.2) is 4.99 Å². The number of Topliss-reactive ketones (excluding diaryl/α,β-unsaturated/α-hetero) is 1. The van der Waals surface area contributed by atoms with Crippen LogP contribution in [0, 0.1) is 16.5 Å². The molecule has 1 saturated heterocycles. The zero-order valence-electron chi connectivity index (χ0n) is 29.5. The average molecular weight is 683 g/mol.